The molecule has 188 valence electrons. The fourth-order valence-electron chi connectivity index (χ4n) is 8.33. The summed E-state index contributed by atoms with van der Waals surface area (Å²) in [6.07, 6.45) is 0.943. The first-order valence-electron chi connectivity index (χ1n) is 14.0. The minimum absolute atomic E-state index is 0.230. The lowest BCUT2D eigenvalue weighted by Crippen LogP contribution is -2.47. The molecule has 3 aromatic carbocycles. The highest BCUT2D eigenvalue weighted by Crippen LogP contribution is 2.44. The van der Waals surface area contributed by atoms with E-state index in [0.29, 0.717) is 18.5 Å². The molecule has 3 aromatic rings. The van der Waals surface area contributed by atoms with Crippen molar-refractivity contribution in [1.82, 2.24) is 29.4 Å². The van der Waals surface area contributed by atoms with E-state index in [9.17, 15) is 0 Å². The van der Waals surface area contributed by atoms with Crippen molar-refractivity contribution >= 4 is 0 Å². The van der Waals surface area contributed by atoms with Gasteiger partial charge in [0.2, 0.25) is 0 Å². The Bertz CT molecular complexity index is 1180. The van der Waals surface area contributed by atoms with Gasteiger partial charge in [0.25, 0.3) is 0 Å². The van der Waals surface area contributed by atoms with E-state index in [2.05, 4.69) is 102 Å². The van der Waals surface area contributed by atoms with Crippen LogP contribution in [-0.4, -0.2) is 88.7 Å². The average molecular weight is 491 g/mol. The van der Waals surface area contributed by atoms with E-state index >= 15 is 0 Å². The second kappa shape index (κ2) is 7.96. The van der Waals surface area contributed by atoms with Crippen molar-refractivity contribution in [3.8, 4) is 0 Å². The fraction of sp³-hybridized carbons (Fsp3) is 0.419. The zero-order valence-electron chi connectivity index (χ0n) is 21.3. The molecule has 6 heteroatoms. The predicted molar refractivity (Wildman–Crippen MR) is 143 cm³/mol. The minimum Gasteiger partial charge on any atom is -0.270 e. The Morgan fingerprint density at radius 3 is 0.946 bits per heavy atom. The molecule has 6 nitrogen and oxygen atoms in total. The molecule has 0 aromatic heterocycles. The maximum absolute atomic E-state index is 2.76. The Hall–Kier alpha value is -2.58. The van der Waals surface area contributed by atoms with Gasteiger partial charge in [0.15, 0.2) is 0 Å². The van der Waals surface area contributed by atoms with Gasteiger partial charge < -0.3 is 0 Å². The Labute approximate surface area is 219 Å². The van der Waals surface area contributed by atoms with E-state index in [1.54, 1.807) is 0 Å². The molecule has 0 amide bonds. The summed E-state index contributed by atoms with van der Waals surface area (Å²) < 4.78 is 0. The molecule has 37 heavy (non-hydrogen) atoms. The van der Waals surface area contributed by atoms with Crippen molar-refractivity contribution in [2.45, 2.75) is 24.4 Å². The quantitative estimate of drug-likeness (QED) is 0.476. The van der Waals surface area contributed by atoms with Gasteiger partial charge in [-0.25, -0.2) is 0 Å². The third-order valence-electron chi connectivity index (χ3n) is 9.81. The summed E-state index contributed by atoms with van der Waals surface area (Å²) >= 11 is 0. The summed E-state index contributed by atoms with van der Waals surface area (Å²) in [4.78, 5) is 16.5. The Morgan fingerprint density at radius 1 is 0.378 bits per heavy atom. The van der Waals surface area contributed by atoms with Crippen molar-refractivity contribution < 1.29 is 0 Å². The zero-order valence-corrected chi connectivity index (χ0v) is 21.3. The lowest BCUT2D eigenvalue weighted by atomic mass is 9.82. The molecular formula is C31H34N6. The Balaban J connectivity index is 1.40. The number of nitrogens with zero attached hydrogens (tertiary/aromatic N) is 6. The molecule has 16 bridgehead atoms. The van der Waals surface area contributed by atoms with Gasteiger partial charge >= 0.3 is 0 Å². The highest BCUT2D eigenvalue weighted by molar-refractivity contribution is 5.47. The van der Waals surface area contributed by atoms with Crippen molar-refractivity contribution in [2.75, 3.05) is 59.3 Å². The van der Waals surface area contributed by atoms with Gasteiger partial charge in [0.1, 0.15) is 0 Å². The molecule has 0 saturated carbocycles. The second-order valence-corrected chi connectivity index (χ2v) is 11.9. The lowest BCUT2D eigenvalue weighted by molar-refractivity contribution is -0.0215. The first-order chi connectivity index (χ1) is 18.3. The maximum Gasteiger partial charge on any atom is 0.0907 e. The zero-order chi connectivity index (χ0) is 24.1. The fourth-order valence-corrected chi connectivity index (χ4v) is 8.33. The molecule has 0 N–H and O–H groups in total. The third-order valence-corrected chi connectivity index (χ3v) is 9.81. The molecule has 10 rings (SSSR count). The summed E-state index contributed by atoms with van der Waals surface area (Å²) in [7, 11) is 0. The molecule has 7 aliphatic heterocycles. The molecule has 0 aliphatic carbocycles. The van der Waals surface area contributed by atoms with Gasteiger partial charge in [0, 0.05) is 45.2 Å². The van der Waals surface area contributed by atoms with E-state index in [1.165, 1.54) is 33.4 Å². The first-order valence-corrected chi connectivity index (χ1v) is 14.0. The highest BCUT2D eigenvalue weighted by atomic mass is 15.6. The van der Waals surface area contributed by atoms with Gasteiger partial charge in [-0.05, 0) is 33.4 Å². The van der Waals surface area contributed by atoms with E-state index in [0.717, 1.165) is 59.3 Å². The second-order valence-electron chi connectivity index (χ2n) is 11.9. The van der Waals surface area contributed by atoms with E-state index < -0.39 is 0 Å². The van der Waals surface area contributed by atoms with E-state index in [-0.39, 0.29) is 5.92 Å². The van der Waals surface area contributed by atoms with Crippen LogP contribution in [0.1, 0.15) is 57.8 Å². The number of benzene rings is 3. The van der Waals surface area contributed by atoms with Gasteiger partial charge in [-0.2, -0.15) is 0 Å². The van der Waals surface area contributed by atoms with Crippen LogP contribution >= 0.6 is 0 Å². The Kier molecular flexibility index (Phi) is 4.60. The molecular weight excluding hydrogens is 456 g/mol. The van der Waals surface area contributed by atoms with Crippen LogP contribution in [0.3, 0.4) is 0 Å². The maximum atomic E-state index is 2.76. The van der Waals surface area contributed by atoms with Crippen molar-refractivity contribution in [2.24, 2.45) is 0 Å². The van der Waals surface area contributed by atoms with Crippen LogP contribution in [0.25, 0.3) is 0 Å². The van der Waals surface area contributed by atoms with Crippen molar-refractivity contribution in [3.63, 3.8) is 0 Å². The van der Waals surface area contributed by atoms with Gasteiger partial charge in [-0.3, -0.25) is 29.4 Å². The summed E-state index contributed by atoms with van der Waals surface area (Å²) in [5.74, 6) is 0.230. The van der Waals surface area contributed by atoms with Crippen LogP contribution in [-0.2, 0) is 0 Å². The monoisotopic (exact) mass is 490 g/mol. The van der Waals surface area contributed by atoms with Gasteiger partial charge in [-0.15, -0.1) is 0 Å². The van der Waals surface area contributed by atoms with Crippen molar-refractivity contribution in [3.05, 3.63) is 106 Å². The highest BCUT2D eigenvalue weighted by Gasteiger charge is 2.45. The lowest BCUT2D eigenvalue weighted by Gasteiger charge is -2.42. The molecule has 6 unspecified atom stereocenters. The molecule has 4 fully saturated rings. The Morgan fingerprint density at radius 2 is 0.649 bits per heavy atom. The molecule has 0 radical (unpaired) electrons. The number of hydrogen-bond acceptors (Lipinski definition) is 6. The molecule has 4 saturated heterocycles. The average Bonchev–Trinajstić information content (AvgIpc) is 3.68. The standard InChI is InChI=1S/C31H34N6/c1-4-22-16-25(7-1)29-32-10-12-34(19-32)30-26-8-2-5-23(17-26)28(22)24-6-3-9-27(18-24)31(35-13-11-33(29)20-35)37-15-14-36(30)21-37/h1-9,16-18,28-31H,10-15,19-21H2. The molecule has 7 aliphatic rings. The van der Waals surface area contributed by atoms with Crippen LogP contribution in [0.5, 0.6) is 0 Å². The molecule has 0 spiro atoms. The van der Waals surface area contributed by atoms with Gasteiger partial charge in [0.05, 0.1) is 38.5 Å². The largest absolute Gasteiger partial charge is 0.270 e. The summed E-state index contributed by atoms with van der Waals surface area (Å²) in [5, 5.41) is 0. The summed E-state index contributed by atoms with van der Waals surface area (Å²) in [6, 6.07) is 28.8. The van der Waals surface area contributed by atoms with Crippen LogP contribution in [0.4, 0.5) is 0 Å². The van der Waals surface area contributed by atoms with E-state index in [4.69, 9.17) is 0 Å². The van der Waals surface area contributed by atoms with Crippen LogP contribution in [0.15, 0.2) is 72.8 Å². The number of hydrogen-bond donors (Lipinski definition) is 0. The summed E-state index contributed by atoms with van der Waals surface area (Å²) in [6.45, 7) is 9.75. The van der Waals surface area contributed by atoms with Gasteiger partial charge in [-0.1, -0.05) is 72.8 Å². The van der Waals surface area contributed by atoms with E-state index in [1.807, 2.05) is 0 Å². The third kappa shape index (κ3) is 3.15. The minimum atomic E-state index is 0.230. The topological polar surface area (TPSA) is 19.4 Å². The van der Waals surface area contributed by atoms with Crippen LogP contribution < -0.4 is 0 Å². The predicted octanol–water partition coefficient (Wildman–Crippen LogP) is 3.63. The number of rotatable bonds is 0. The van der Waals surface area contributed by atoms with Crippen LogP contribution in [0, 0.1) is 0 Å². The molecule has 7 heterocycles. The first kappa shape index (κ1) is 21.4. The smallest absolute Gasteiger partial charge is 0.0907 e. The normalized spacial score (nSPS) is 40.5. The van der Waals surface area contributed by atoms with Crippen molar-refractivity contribution in [1.29, 1.82) is 0 Å². The summed E-state index contributed by atoms with van der Waals surface area (Å²) in [5.41, 5.74) is 8.60. The molecule has 6 atom stereocenters. The SMILES string of the molecule is c1cc2cc(c1)C1N3CCN(C3)C3c4cccc(c4)C2c2cccc(c2)C(N2CCN1C2)N1CCN3C1. The van der Waals surface area contributed by atoms with Crippen LogP contribution in [0.2, 0.25) is 0 Å².